The highest BCUT2D eigenvalue weighted by molar-refractivity contribution is 5.90. The summed E-state index contributed by atoms with van der Waals surface area (Å²) in [5.74, 6) is 2.57. The van der Waals surface area contributed by atoms with Crippen LogP contribution < -0.4 is 24.8 Å². The molecule has 0 aliphatic heterocycles. The van der Waals surface area contributed by atoms with Crippen LogP contribution in [0.1, 0.15) is 6.42 Å². The van der Waals surface area contributed by atoms with E-state index in [2.05, 4.69) is 15.6 Å². The van der Waals surface area contributed by atoms with E-state index in [9.17, 15) is 4.79 Å². The van der Waals surface area contributed by atoms with Crippen molar-refractivity contribution in [1.29, 1.82) is 0 Å². The molecule has 2 aromatic carbocycles. The molecule has 0 atom stereocenters. The quantitative estimate of drug-likeness (QED) is 0.566. The summed E-state index contributed by atoms with van der Waals surface area (Å²) >= 11 is 0. The lowest BCUT2D eigenvalue weighted by Gasteiger charge is -2.12. The van der Waals surface area contributed by atoms with Gasteiger partial charge < -0.3 is 24.8 Å². The SMILES string of the molecule is COc1ccc(Nc2ccc(NC(=O)CCOc3ccccc3)cn2)c(OC)c1. The molecule has 1 aromatic heterocycles. The number of nitrogens with one attached hydrogen (secondary N) is 2. The van der Waals surface area contributed by atoms with E-state index < -0.39 is 0 Å². The van der Waals surface area contributed by atoms with Crippen molar-refractivity contribution in [1.82, 2.24) is 4.98 Å². The van der Waals surface area contributed by atoms with Crippen molar-refractivity contribution in [2.45, 2.75) is 6.42 Å². The van der Waals surface area contributed by atoms with Crippen LogP contribution in [-0.2, 0) is 4.79 Å². The topological polar surface area (TPSA) is 81.7 Å². The number of rotatable bonds is 9. The standard InChI is InChI=1S/C22H23N3O4/c1-27-18-9-10-19(20(14-18)28-2)25-21-11-8-16(15-23-21)24-22(26)12-13-29-17-6-4-3-5-7-17/h3-11,14-15H,12-13H2,1-2H3,(H,23,25)(H,24,26). The van der Waals surface area contributed by atoms with Crippen LogP contribution in [0.4, 0.5) is 17.2 Å². The molecule has 0 fully saturated rings. The molecule has 1 amide bonds. The molecule has 7 nitrogen and oxygen atoms in total. The molecule has 3 aromatic rings. The number of carbonyl (C=O) groups excluding carboxylic acids is 1. The molecule has 0 saturated carbocycles. The second-order valence-corrected chi connectivity index (χ2v) is 6.08. The molecular weight excluding hydrogens is 370 g/mol. The van der Waals surface area contributed by atoms with Gasteiger partial charge in [-0.3, -0.25) is 4.79 Å². The zero-order valence-electron chi connectivity index (χ0n) is 16.3. The fourth-order valence-electron chi connectivity index (χ4n) is 2.58. The lowest BCUT2D eigenvalue weighted by Crippen LogP contribution is -2.15. The second-order valence-electron chi connectivity index (χ2n) is 6.08. The molecular formula is C22H23N3O4. The number of pyridine rings is 1. The first kappa shape index (κ1) is 20.0. The summed E-state index contributed by atoms with van der Waals surface area (Å²) in [6.45, 7) is 0.306. The summed E-state index contributed by atoms with van der Waals surface area (Å²) in [5.41, 5.74) is 1.37. The van der Waals surface area contributed by atoms with Crippen molar-refractivity contribution >= 4 is 23.1 Å². The maximum Gasteiger partial charge on any atom is 0.227 e. The van der Waals surface area contributed by atoms with Crippen LogP contribution in [0.5, 0.6) is 17.2 Å². The van der Waals surface area contributed by atoms with Crippen molar-refractivity contribution in [2.75, 3.05) is 31.5 Å². The maximum atomic E-state index is 12.1. The fourth-order valence-corrected chi connectivity index (χ4v) is 2.58. The summed E-state index contributed by atoms with van der Waals surface area (Å²) < 4.78 is 16.1. The molecule has 0 radical (unpaired) electrons. The molecule has 150 valence electrons. The van der Waals surface area contributed by atoms with E-state index in [4.69, 9.17) is 14.2 Å². The zero-order valence-corrected chi connectivity index (χ0v) is 16.3. The van der Waals surface area contributed by atoms with Crippen molar-refractivity contribution in [3.05, 3.63) is 66.9 Å². The van der Waals surface area contributed by atoms with Crippen molar-refractivity contribution < 1.29 is 19.0 Å². The summed E-state index contributed by atoms with van der Waals surface area (Å²) in [6.07, 6.45) is 1.84. The number of aromatic nitrogens is 1. The Morgan fingerprint density at radius 2 is 1.79 bits per heavy atom. The van der Waals surface area contributed by atoms with Crippen LogP contribution in [0.3, 0.4) is 0 Å². The van der Waals surface area contributed by atoms with Gasteiger partial charge in [-0.15, -0.1) is 0 Å². The molecule has 29 heavy (non-hydrogen) atoms. The van der Waals surface area contributed by atoms with Crippen LogP contribution in [0, 0.1) is 0 Å². The Labute approximate surface area is 169 Å². The number of hydrogen-bond acceptors (Lipinski definition) is 6. The summed E-state index contributed by atoms with van der Waals surface area (Å²) in [5, 5.41) is 5.99. The number of amides is 1. The van der Waals surface area contributed by atoms with Crippen LogP contribution in [-0.4, -0.2) is 31.7 Å². The lowest BCUT2D eigenvalue weighted by atomic mass is 10.2. The third-order valence-corrected chi connectivity index (χ3v) is 4.06. The monoisotopic (exact) mass is 393 g/mol. The maximum absolute atomic E-state index is 12.1. The minimum Gasteiger partial charge on any atom is -0.497 e. The molecule has 0 spiro atoms. The highest BCUT2D eigenvalue weighted by Crippen LogP contribution is 2.31. The zero-order chi connectivity index (χ0) is 20.5. The molecule has 0 aliphatic carbocycles. The van der Waals surface area contributed by atoms with E-state index in [1.807, 2.05) is 42.5 Å². The van der Waals surface area contributed by atoms with E-state index in [1.54, 1.807) is 38.6 Å². The Morgan fingerprint density at radius 1 is 0.966 bits per heavy atom. The van der Waals surface area contributed by atoms with Gasteiger partial charge in [0.1, 0.15) is 23.1 Å². The number of anilines is 3. The molecule has 2 N–H and O–H groups in total. The van der Waals surface area contributed by atoms with E-state index in [0.717, 1.165) is 11.4 Å². The Bertz CT molecular complexity index is 931. The number of para-hydroxylation sites is 1. The van der Waals surface area contributed by atoms with Gasteiger partial charge in [-0.1, -0.05) is 18.2 Å². The van der Waals surface area contributed by atoms with Gasteiger partial charge in [0.05, 0.1) is 44.8 Å². The number of benzene rings is 2. The highest BCUT2D eigenvalue weighted by atomic mass is 16.5. The van der Waals surface area contributed by atoms with Crippen LogP contribution in [0.25, 0.3) is 0 Å². The Balaban J connectivity index is 1.51. The molecule has 0 unspecified atom stereocenters. The van der Waals surface area contributed by atoms with Crippen molar-refractivity contribution in [2.24, 2.45) is 0 Å². The van der Waals surface area contributed by atoms with Crippen molar-refractivity contribution in [3.63, 3.8) is 0 Å². The first-order valence-corrected chi connectivity index (χ1v) is 9.11. The first-order valence-electron chi connectivity index (χ1n) is 9.11. The van der Waals surface area contributed by atoms with Crippen LogP contribution >= 0.6 is 0 Å². The smallest absolute Gasteiger partial charge is 0.227 e. The number of methoxy groups -OCH3 is 2. The second kappa shape index (κ2) is 9.98. The van der Waals surface area contributed by atoms with Gasteiger partial charge in [0.2, 0.25) is 5.91 Å². The minimum atomic E-state index is -0.139. The Hall–Kier alpha value is -3.74. The number of nitrogens with zero attached hydrogens (tertiary/aromatic N) is 1. The molecule has 0 aliphatic rings. The van der Waals surface area contributed by atoms with Gasteiger partial charge in [0, 0.05) is 6.07 Å². The first-order chi connectivity index (χ1) is 14.2. The Kier molecular flexibility index (Phi) is 6.89. The molecule has 1 heterocycles. The minimum absolute atomic E-state index is 0.139. The lowest BCUT2D eigenvalue weighted by molar-refractivity contribution is -0.116. The summed E-state index contributed by atoms with van der Waals surface area (Å²) in [4.78, 5) is 16.4. The van der Waals surface area contributed by atoms with E-state index >= 15 is 0 Å². The molecule has 0 bridgehead atoms. The van der Waals surface area contributed by atoms with Gasteiger partial charge >= 0.3 is 0 Å². The van der Waals surface area contributed by atoms with E-state index in [1.165, 1.54) is 0 Å². The average Bonchev–Trinajstić information content (AvgIpc) is 2.76. The molecule has 3 rings (SSSR count). The molecule has 0 saturated heterocycles. The van der Waals surface area contributed by atoms with Gasteiger partial charge in [0.25, 0.3) is 0 Å². The van der Waals surface area contributed by atoms with Crippen LogP contribution in [0.15, 0.2) is 66.9 Å². The number of hydrogen-bond donors (Lipinski definition) is 2. The van der Waals surface area contributed by atoms with Gasteiger partial charge in [-0.2, -0.15) is 0 Å². The van der Waals surface area contributed by atoms with Gasteiger partial charge in [0.15, 0.2) is 0 Å². The Morgan fingerprint density at radius 3 is 2.48 bits per heavy atom. The molecule has 7 heteroatoms. The largest absolute Gasteiger partial charge is 0.497 e. The van der Waals surface area contributed by atoms with Crippen LogP contribution in [0.2, 0.25) is 0 Å². The third kappa shape index (κ3) is 5.87. The average molecular weight is 393 g/mol. The third-order valence-electron chi connectivity index (χ3n) is 4.06. The van der Waals surface area contributed by atoms with Crippen molar-refractivity contribution in [3.8, 4) is 17.2 Å². The van der Waals surface area contributed by atoms with E-state index in [0.29, 0.717) is 29.6 Å². The number of ether oxygens (including phenoxy) is 3. The van der Waals surface area contributed by atoms with Gasteiger partial charge in [-0.25, -0.2) is 4.98 Å². The predicted octanol–water partition coefficient (Wildman–Crippen LogP) is 4.25. The van der Waals surface area contributed by atoms with Gasteiger partial charge in [-0.05, 0) is 36.4 Å². The normalized spacial score (nSPS) is 10.1. The summed E-state index contributed by atoms with van der Waals surface area (Å²) in [6, 6.07) is 18.4. The fraction of sp³-hybridized carbons (Fsp3) is 0.182. The predicted molar refractivity (Wildman–Crippen MR) is 112 cm³/mol. The highest BCUT2D eigenvalue weighted by Gasteiger charge is 2.07. The summed E-state index contributed by atoms with van der Waals surface area (Å²) in [7, 11) is 3.19. The van der Waals surface area contributed by atoms with E-state index in [-0.39, 0.29) is 12.3 Å². The number of carbonyl (C=O) groups is 1.